The highest BCUT2D eigenvalue weighted by Gasteiger charge is 2.31. The molecule has 3 aromatic rings. The monoisotopic (exact) mass is 580 g/mol. The van der Waals surface area contributed by atoms with Crippen molar-refractivity contribution in [2.75, 3.05) is 50.8 Å². The first-order valence-electron chi connectivity index (χ1n) is 16.7. The SMILES string of the molecule is Cc1ccc(N2CCN(CCCCCCCCCOc3cc4cc5c(cc4cc3C)C(=O)N3CCC[C@H]3C=N5)CC2)cc1. The number of unbranched alkanes of at least 4 members (excludes halogenated alkanes) is 6. The van der Waals surface area contributed by atoms with Gasteiger partial charge in [-0.2, -0.15) is 0 Å². The minimum atomic E-state index is 0.113. The number of piperazine rings is 1. The van der Waals surface area contributed by atoms with E-state index in [1.165, 1.54) is 69.4 Å². The molecule has 1 amide bonds. The number of aliphatic imine (C=N–C) groups is 1. The van der Waals surface area contributed by atoms with Crippen molar-refractivity contribution < 1.29 is 9.53 Å². The summed E-state index contributed by atoms with van der Waals surface area (Å²) in [6.07, 6.45) is 12.9. The molecule has 6 nitrogen and oxygen atoms in total. The highest BCUT2D eigenvalue weighted by molar-refractivity contribution is 6.06. The van der Waals surface area contributed by atoms with Crippen molar-refractivity contribution in [1.82, 2.24) is 9.80 Å². The summed E-state index contributed by atoms with van der Waals surface area (Å²) in [4.78, 5) is 25.0. The average molecular weight is 581 g/mol. The Labute approximate surface area is 257 Å². The van der Waals surface area contributed by atoms with Crippen LogP contribution in [-0.2, 0) is 0 Å². The van der Waals surface area contributed by atoms with E-state index in [1.807, 2.05) is 17.2 Å². The predicted octanol–water partition coefficient (Wildman–Crippen LogP) is 7.71. The van der Waals surface area contributed by atoms with Crippen LogP contribution >= 0.6 is 0 Å². The number of ether oxygens (including phenoxy) is 1. The van der Waals surface area contributed by atoms with Gasteiger partial charge in [0.25, 0.3) is 5.91 Å². The fourth-order valence-corrected chi connectivity index (χ4v) is 6.87. The molecule has 0 unspecified atom stereocenters. The summed E-state index contributed by atoms with van der Waals surface area (Å²) in [7, 11) is 0. The molecular formula is C37H48N4O2. The Kier molecular flexibility index (Phi) is 9.62. The number of hydrogen-bond donors (Lipinski definition) is 0. The normalized spacial score (nSPS) is 18.7. The molecule has 43 heavy (non-hydrogen) atoms. The van der Waals surface area contributed by atoms with Crippen LogP contribution in [-0.4, -0.2) is 73.8 Å². The number of benzene rings is 3. The molecule has 0 radical (unpaired) electrons. The summed E-state index contributed by atoms with van der Waals surface area (Å²) < 4.78 is 6.23. The lowest BCUT2D eigenvalue weighted by Crippen LogP contribution is -2.46. The van der Waals surface area contributed by atoms with Crippen LogP contribution in [0.25, 0.3) is 10.8 Å². The molecule has 0 saturated carbocycles. The van der Waals surface area contributed by atoms with Crippen molar-refractivity contribution in [2.24, 2.45) is 4.99 Å². The Morgan fingerprint density at radius 3 is 2.33 bits per heavy atom. The molecule has 3 aliphatic rings. The van der Waals surface area contributed by atoms with Crippen LogP contribution in [0.2, 0.25) is 0 Å². The highest BCUT2D eigenvalue weighted by Crippen LogP contribution is 2.35. The van der Waals surface area contributed by atoms with Crippen molar-refractivity contribution in [2.45, 2.75) is 77.7 Å². The molecule has 3 aromatic carbocycles. The third kappa shape index (κ3) is 7.23. The fraction of sp³-hybridized carbons (Fsp3) is 0.514. The quantitative estimate of drug-likeness (QED) is 0.206. The van der Waals surface area contributed by atoms with E-state index < -0.39 is 0 Å². The minimum Gasteiger partial charge on any atom is -0.493 e. The van der Waals surface area contributed by atoms with Crippen molar-refractivity contribution in [3.63, 3.8) is 0 Å². The molecule has 0 aliphatic carbocycles. The van der Waals surface area contributed by atoms with E-state index in [-0.39, 0.29) is 11.9 Å². The largest absolute Gasteiger partial charge is 0.493 e. The van der Waals surface area contributed by atoms with E-state index in [0.717, 1.165) is 78.8 Å². The molecule has 2 saturated heterocycles. The predicted molar refractivity (Wildman–Crippen MR) is 179 cm³/mol. The van der Waals surface area contributed by atoms with Crippen LogP contribution in [0.5, 0.6) is 5.75 Å². The summed E-state index contributed by atoms with van der Waals surface area (Å²) in [5, 5.41) is 2.16. The maximum Gasteiger partial charge on any atom is 0.256 e. The molecule has 3 aliphatic heterocycles. The molecule has 3 heterocycles. The number of aryl methyl sites for hydroxylation is 2. The summed E-state index contributed by atoms with van der Waals surface area (Å²) >= 11 is 0. The Hall–Kier alpha value is -3.38. The van der Waals surface area contributed by atoms with Crippen molar-refractivity contribution in [1.29, 1.82) is 0 Å². The van der Waals surface area contributed by atoms with Crippen molar-refractivity contribution >= 4 is 34.3 Å². The summed E-state index contributed by atoms with van der Waals surface area (Å²) in [6.45, 7) is 11.7. The van der Waals surface area contributed by atoms with E-state index in [4.69, 9.17) is 9.73 Å². The van der Waals surface area contributed by atoms with Crippen LogP contribution in [0, 0.1) is 13.8 Å². The van der Waals surface area contributed by atoms with Crippen LogP contribution < -0.4 is 9.64 Å². The standard InChI is InChI=1S/C37H48N4O2/c1-28-12-14-32(15-13-28)40-20-18-39(19-21-40)16-8-6-4-3-5-7-9-22-43-36-26-31-25-35-34(24-30(31)23-29(36)2)37(42)41-17-10-11-33(41)27-38-35/h12-15,23-27,33H,3-11,16-22H2,1-2H3/t33-/m0/s1. The van der Waals surface area contributed by atoms with Gasteiger partial charge in [0, 0.05) is 44.6 Å². The van der Waals surface area contributed by atoms with Gasteiger partial charge in [-0.1, -0.05) is 49.8 Å². The van der Waals surface area contributed by atoms with Gasteiger partial charge in [0.15, 0.2) is 0 Å². The van der Waals surface area contributed by atoms with Gasteiger partial charge >= 0.3 is 0 Å². The Bertz CT molecular complexity index is 1420. The summed E-state index contributed by atoms with van der Waals surface area (Å²) in [6, 6.07) is 17.4. The topological polar surface area (TPSA) is 48.4 Å². The summed E-state index contributed by atoms with van der Waals surface area (Å²) in [5.74, 6) is 1.05. The number of hydrogen-bond acceptors (Lipinski definition) is 5. The number of carbonyl (C=O) groups excluding carboxylic acids is 1. The van der Waals surface area contributed by atoms with E-state index in [1.54, 1.807) is 0 Å². The molecule has 6 rings (SSSR count). The number of rotatable bonds is 12. The third-order valence-corrected chi connectivity index (χ3v) is 9.57. The first kappa shape index (κ1) is 29.7. The van der Waals surface area contributed by atoms with Crippen LogP contribution in [0.3, 0.4) is 0 Å². The minimum absolute atomic E-state index is 0.113. The van der Waals surface area contributed by atoms with Crippen LogP contribution in [0.1, 0.15) is 79.3 Å². The number of carbonyl (C=O) groups is 1. The smallest absolute Gasteiger partial charge is 0.256 e. The fourth-order valence-electron chi connectivity index (χ4n) is 6.87. The maximum atomic E-state index is 13.2. The molecule has 228 valence electrons. The van der Waals surface area contributed by atoms with Gasteiger partial charge in [0.05, 0.1) is 23.9 Å². The maximum absolute atomic E-state index is 13.2. The van der Waals surface area contributed by atoms with Gasteiger partial charge in [-0.05, 0) is 98.8 Å². The number of nitrogens with zero attached hydrogens (tertiary/aromatic N) is 4. The molecule has 1 atom stereocenters. The van der Waals surface area contributed by atoms with Gasteiger partial charge in [0.1, 0.15) is 5.75 Å². The van der Waals surface area contributed by atoms with Crippen molar-refractivity contribution in [3.8, 4) is 5.75 Å². The second-order valence-electron chi connectivity index (χ2n) is 12.8. The Morgan fingerprint density at radius 1 is 0.814 bits per heavy atom. The zero-order valence-corrected chi connectivity index (χ0v) is 26.2. The zero-order chi connectivity index (χ0) is 29.6. The van der Waals surface area contributed by atoms with Gasteiger partial charge in [-0.25, -0.2) is 0 Å². The molecule has 0 aromatic heterocycles. The zero-order valence-electron chi connectivity index (χ0n) is 26.2. The van der Waals surface area contributed by atoms with E-state index in [0.29, 0.717) is 0 Å². The van der Waals surface area contributed by atoms with Crippen LogP contribution in [0.15, 0.2) is 53.5 Å². The number of amides is 1. The van der Waals surface area contributed by atoms with Gasteiger partial charge in [-0.15, -0.1) is 0 Å². The second-order valence-corrected chi connectivity index (χ2v) is 12.8. The van der Waals surface area contributed by atoms with Gasteiger partial charge in [-0.3, -0.25) is 14.7 Å². The van der Waals surface area contributed by atoms with Crippen molar-refractivity contribution in [3.05, 3.63) is 65.2 Å². The summed E-state index contributed by atoms with van der Waals surface area (Å²) in [5.41, 5.74) is 5.32. The third-order valence-electron chi connectivity index (χ3n) is 9.57. The lowest BCUT2D eigenvalue weighted by atomic mass is 10.0. The molecule has 0 N–H and O–H groups in total. The molecule has 2 fully saturated rings. The first-order chi connectivity index (χ1) is 21.0. The van der Waals surface area contributed by atoms with Gasteiger partial charge < -0.3 is 14.5 Å². The first-order valence-corrected chi connectivity index (χ1v) is 16.7. The second kappa shape index (κ2) is 13.9. The Morgan fingerprint density at radius 2 is 1.53 bits per heavy atom. The molecule has 0 bridgehead atoms. The lowest BCUT2D eigenvalue weighted by molar-refractivity contribution is 0.0775. The number of anilines is 1. The Balaban J connectivity index is 0.863. The molecule has 6 heteroatoms. The molecule has 0 spiro atoms. The van der Waals surface area contributed by atoms with Gasteiger partial charge in [0.2, 0.25) is 0 Å². The number of fused-ring (bicyclic) bond motifs is 3. The van der Waals surface area contributed by atoms with E-state index >= 15 is 0 Å². The highest BCUT2D eigenvalue weighted by atomic mass is 16.5. The van der Waals surface area contributed by atoms with Crippen LogP contribution in [0.4, 0.5) is 11.4 Å². The van der Waals surface area contributed by atoms with E-state index in [9.17, 15) is 4.79 Å². The molecular weight excluding hydrogens is 532 g/mol. The van der Waals surface area contributed by atoms with E-state index in [2.05, 4.69) is 66.1 Å². The lowest BCUT2D eigenvalue weighted by Gasteiger charge is -2.36. The average Bonchev–Trinajstić information content (AvgIpc) is 3.45.